The minimum Gasteiger partial charge on any atom is -0.352 e. The molecular weight excluding hydrogens is 212 g/mol. The molecule has 0 saturated heterocycles. The van der Waals surface area contributed by atoms with Gasteiger partial charge in [-0.05, 0) is 17.5 Å². The summed E-state index contributed by atoms with van der Waals surface area (Å²) in [6.45, 7) is 6.17. The highest BCUT2D eigenvalue weighted by molar-refractivity contribution is 5.15. The number of imidazole rings is 1. The molecule has 0 aliphatic heterocycles. The van der Waals surface area contributed by atoms with Gasteiger partial charge >= 0.3 is 0 Å². The summed E-state index contributed by atoms with van der Waals surface area (Å²) in [6, 6.07) is 2.24. The van der Waals surface area contributed by atoms with E-state index in [0.29, 0.717) is 5.92 Å². The molecule has 17 heavy (non-hydrogen) atoms. The van der Waals surface area contributed by atoms with E-state index >= 15 is 0 Å². The molecule has 0 radical (unpaired) electrons. The third-order valence-electron chi connectivity index (χ3n) is 3.05. The van der Waals surface area contributed by atoms with Gasteiger partial charge in [-0.25, -0.2) is 4.98 Å². The summed E-state index contributed by atoms with van der Waals surface area (Å²) in [6.07, 6.45) is 9.85. The first-order valence-electron chi connectivity index (χ1n) is 6.04. The zero-order valence-electron chi connectivity index (χ0n) is 10.5. The van der Waals surface area contributed by atoms with Gasteiger partial charge in [-0.1, -0.05) is 13.8 Å². The van der Waals surface area contributed by atoms with E-state index in [1.54, 1.807) is 6.20 Å². The van der Waals surface area contributed by atoms with Crippen LogP contribution in [0.15, 0.2) is 37.2 Å². The van der Waals surface area contributed by atoms with E-state index in [9.17, 15) is 0 Å². The van der Waals surface area contributed by atoms with Crippen LogP contribution in [0.5, 0.6) is 0 Å². The lowest BCUT2D eigenvalue weighted by atomic mass is 10.00. The lowest BCUT2D eigenvalue weighted by molar-refractivity contribution is 0.511. The number of hydrogen-bond acceptors (Lipinski definition) is 2. The van der Waals surface area contributed by atoms with E-state index in [1.165, 1.54) is 5.56 Å². The molecule has 1 atom stereocenters. The minimum absolute atomic E-state index is 0.129. The van der Waals surface area contributed by atoms with Crippen molar-refractivity contribution in [1.82, 2.24) is 14.1 Å². The van der Waals surface area contributed by atoms with Gasteiger partial charge in [0.25, 0.3) is 0 Å². The molecule has 0 fully saturated rings. The van der Waals surface area contributed by atoms with Crippen molar-refractivity contribution in [2.24, 2.45) is 11.7 Å². The minimum atomic E-state index is 0.129. The van der Waals surface area contributed by atoms with Crippen LogP contribution in [0.1, 0.15) is 25.5 Å². The number of nitrogens with two attached hydrogens (primary N) is 1. The van der Waals surface area contributed by atoms with Gasteiger partial charge in [0.05, 0.1) is 6.33 Å². The molecule has 4 heteroatoms. The Hall–Kier alpha value is -1.55. The van der Waals surface area contributed by atoms with Gasteiger partial charge in [-0.2, -0.15) is 0 Å². The monoisotopic (exact) mass is 232 g/mol. The van der Waals surface area contributed by atoms with Gasteiger partial charge in [-0.15, -0.1) is 0 Å². The summed E-state index contributed by atoms with van der Waals surface area (Å²) in [5.74, 6) is 0.472. The Kier molecular flexibility index (Phi) is 3.64. The first-order chi connectivity index (χ1) is 8.16. The largest absolute Gasteiger partial charge is 0.352 e. The van der Waals surface area contributed by atoms with Crippen molar-refractivity contribution in [3.05, 3.63) is 42.7 Å². The Morgan fingerprint density at radius 1 is 1.24 bits per heavy atom. The highest BCUT2D eigenvalue weighted by Crippen LogP contribution is 2.18. The fraction of sp³-hybridized carbons (Fsp3) is 0.462. The van der Waals surface area contributed by atoms with Gasteiger partial charge in [0.15, 0.2) is 0 Å². The average Bonchev–Trinajstić information content (AvgIpc) is 2.96. The van der Waals surface area contributed by atoms with Gasteiger partial charge < -0.3 is 14.9 Å². The molecule has 2 rings (SSSR count). The van der Waals surface area contributed by atoms with Crippen LogP contribution < -0.4 is 5.73 Å². The smallest absolute Gasteiger partial charge is 0.0946 e. The number of rotatable bonds is 5. The summed E-state index contributed by atoms with van der Waals surface area (Å²) in [5, 5.41) is 0. The Bertz CT molecular complexity index is 442. The van der Waals surface area contributed by atoms with E-state index in [-0.39, 0.29) is 6.04 Å². The Morgan fingerprint density at radius 3 is 2.65 bits per heavy atom. The summed E-state index contributed by atoms with van der Waals surface area (Å²) in [7, 11) is 0. The van der Waals surface area contributed by atoms with Crippen molar-refractivity contribution in [2.45, 2.75) is 33.0 Å². The molecule has 0 amide bonds. The molecule has 0 aliphatic carbocycles. The molecular formula is C13H20N4. The molecule has 1 unspecified atom stereocenters. The van der Waals surface area contributed by atoms with Crippen molar-refractivity contribution >= 4 is 0 Å². The molecule has 0 saturated carbocycles. The van der Waals surface area contributed by atoms with Gasteiger partial charge in [0.1, 0.15) is 0 Å². The molecule has 0 spiro atoms. The number of aryl methyl sites for hydroxylation is 2. The Balaban J connectivity index is 1.94. The second-order valence-electron chi connectivity index (χ2n) is 4.75. The lowest BCUT2D eigenvalue weighted by Gasteiger charge is -2.13. The SMILES string of the molecule is CC(C)C(N)c1ccn(CCn2ccnc2)c1. The van der Waals surface area contributed by atoms with Crippen molar-refractivity contribution in [3.63, 3.8) is 0 Å². The number of nitrogens with zero attached hydrogens (tertiary/aromatic N) is 3. The normalized spacial score (nSPS) is 13.2. The van der Waals surface area contributed by atoms with E-state index in [0.717, 1.165) is 13.1 Å². The Labute approximate surface area is 102 Å². The second-order valence-corrected chi connectivity index (χ2v) is 4.75. The number of hydrogen-bond donors (Lipinski definition) is 1. The molecule has 4 nitrogen and oxygen atoms in total. The molecule has 2 aromatic rings. The first kappa shape index (κ1) is 11.9. The van der Waals surface area contributed by atoms with Gasteiger partial charge in [0.2, 0.25) is 0 Å². The summed E-state index contributed by atoms with van der Waals surface area (Å²) in [4.78, 5) is 4.02. The highest BCUT2D eigenvalue weighted by Gasteiger charge is 2.11. The van der Waals surface area contributed by atoms with Crippen molar-refractivity contribution in [1.29, 1.82) is 0 Å². The standard InChI is InChI=1S/C13H20N4/c1-11(2)13(14)12-3-5-16(9-12)7-8-17-6-4-15-10-17/h3-6,9-11,13H,7-8,14H2,1-2H3. The van der Waals surface area contributed by atoms with Crippen LogP contribution in [-0.4, -0.2) is 14.1 Å². The van der Waals surface area contributed by atoms with E-state index in [1.807, 2.05) is 12.5 Å². The number of aromatic nitrogens is 3. The van der Waals surface area contributed by atoms with E-state index in [2.05, 4.69) is 46.4 Å². The maximum absolute atomic E-state index is 6.11. The van der Waals surface area contributed by atoms with E-state index in [4.69, 9.17) is 5.73 Å². The Morgan fingerprint density at radius 2 is 2.00 bits per heavy atom. The van der Waals surface area contributed by atoms with Gasteiger partial charge in [-0.3, -0.25) is 0 Å². The van der Waals surface area contributed by atoms with Crippen LogP contribution in [0.4, 0.5) is 0 Å². The summed E-state index contributed by atoms with van der Waals surface area (Å²) < 4.78 is 4.25. The summed E-state index contributed by atoms with van der Waals surface area (Å²) >= 11 is 0. The van der Waals surface area contributed by atoms with E-state index < -0.39 is 0 Å². The fourth-order valence-corrected chi connectivity index (χ4v) is 1.83. The third kappa shape index (κ3) is 2.97. The maximum Gasteiger partial charge on any atom is 0.0946 e. The highest BCUT2D eigenvalue weighted by atomic mass is 15.1. The molecule has 2 N–H and O–H groups in total. The molecule has 0 bridgehead atoms. The molecule has 0 aromatic carbocycles. The molecule has 92 valence electrons. The molecule has 2 heterocycles. The van der Waals surface area contributed by atoms with Crippen LogP contribution in [0, 0.1) is 5.92 Å². The zero-order chi connectivity index (χ0) is 12.3. The fourth-order valence-electron chi connectivity index (χ4n) is 1.83. The van der Waals surface area contributed by atoms with Crippen LogP contribution in [-0.2, 0) is 13.1 Å². The molecule has 0 aliphatic rings. The lowest BCUT2D eigenvalue weighted by Crippen LogP contribution is -2.16. The third-order valence-corrected chi connectivity index (χ3v) is 3.05. The van der Waals surface area contributed by atoms with Crippen molar-refractivity contribution in [3.8, 4) is 0 Å². The maximum atomic E-state index is 6.11. The quantitative estimate of drug-likeness (QED) is 0.857. The topological polar surface area (TPSA) is 48.8 Å². The second kappa shape index (κ2) is 5.19. The van der Waals surface area contributed by atoms with Crippen molar-refractivity contribution < 1.29 is 0 Å². The van der Waals surface area contributed by atoms with Gasteiger partial charge in [0, 0.05) is 43.9 Å². The van der Waals surface area contributed by atoms with Crippen LogP contribution in [0.25, 0.3) is 0 Å². The van der Waals surface area contributed by atoms with Crippen LogP contribution in [0.2, 0.25) is 0 Å². The van der Waals surface area contributed by atoms with Crippen LogP contribution in [0.3, 0.4) is 0 Å². The predicted molar refractivity (Wildman–Crippen MR) is 68.4 cm³/mol. The zero-order valence-corrected chi connectivity index (χ0v) is 10.5. The van der Waals surface area contributed by atoms with Crippen LogP contribution >= 0.6 is 0 Å². The van der Waals surface area contributed by atoms with Crippen molar-refractivity contribution in [2.75, 3.05) is 0 Å². The predicted octanol–water partition coefficient (Wildman–Crippen LogP) is 2.04. The first-order valence-corrected chi connectivity index (χ1v) is 6.04. The average molecular weight is 232 g/mol. The molecule has 2 aromatic heterocycles. The summed E-state index contributed by atoms with van der Waals surface area (Å²) in [5.41, 5.74) is 7.33.